The molecule has 0 aliphatic rings. The molecule has 0 aromatic heterocycles. The summed E-state index contributed by atoms with van der Waals surface area (Å²) in [4.78, 5) is 16.6. The first-order valence-electron chi connectivity index (χ1n) is 4.00. The smallest absolute Gasteiger partial charge is 0.357 e. The van der Waals surface area contributed by atoms with Crippen molar-refractivity contribution in [2.24, 2.45) is 5.90 Å². The molecule has 0 aliphatic heterocycles. The van der Waals surface area contributed by atoms with Crippen molar-refractivity contribution < 1.29 is 9.63 Å². The molecule has 0 saturated heterocycles. The van der Waals surface area contributed by atoms with Gasteiger partial charge in [-0.1, -0.05) is 19.3 Å². The molecule has 0 atom stereocenters. The zero-order chi connectivity index (χ0) is 10.1. The molecule has 0 bridgehead atoms. The zero-order valence-electron chi connectivity index (χ0n) is 7.55. The predicted octanol–water partition coefficient (Wildman–Crippen LogP) is 1.49. The van der Waals surface area contributed by atoms with Gasteiger partial charge in [-0.3, -0.25) is 4.90 Å². The number of hydrogen-bond donors (Lipinski definition) is 1. The van der Waals surface area contributed by atoms with Crippen LogP contribution >= 0.6 is 22.6 Å². The second kappa shape index (κ2) is 8.13. The van der Waals surface area contributed by atoms with E-state index in [1.807, 2.05) is 22.6 Å². The van der Waals surface area contributed by atoms with Gasteiger partial charge in [0.25, 0.3) is 0 Å². The molecule has 0 saturated carbocycles. The third kappa shape index (κ3) is 5.71. The summed E-state index contributed by atoms with van der Waals surface area (Å²) >= 11 is 1.92. The van der Waals surface area contributed by atoms with Gasteiger partial charge in [0.15, 0.2) is 0 Å². The molecular formula is C8H13IN2O2. The van der Waals surface area contributed by atoms with Gasteiger partial charge in [0.1, 0.15) is 0 Å². The number of carbonyl (C=O) groups excluding carboxylic acids is 1. The van der Waals surface area contributed by atoms with Gasteiger partial charge >= 0.3 is 6.09 Å². The summed E-state index contributed by atoms with van der Waals surface area (Å²) in [6, 6.07) is 0. The van der Waals surface area contributed by atoms with E-state index in [9.17, 15) is 4.79 Å². The molecule has 2 N–H and O–H groups in total. The Labute approximate surface area is 91.9 Å². The van der Waals surface area contributed by atoms with E-state index in [2.05, 4.69) is 21.6 Å². The molecule has 4 nitrogen and oxygen atoms in total. The first-order chi connectivity index (χ1) is 6.26. The highest BCUT2D eigenvalue weighted by Gasteiger charge is 2.11. The molecule has 0 aliphatic carbocycles. The van der Waals surface area contributed by atoms with E-state index in [0.717, 1.165) is 12.8 Å². The third-order valence-corrected chi connectivity index (χ3v) is 1.86. The number of carbonyl (C=O) groups is 1. The molecular weight excluding hydrogens is 283 g/mol. The summed E-state index contributed by atoms with van der Waals surface area (Å²) in [7, 11) is 0. The molecule has 0 radical (unpaired) electrons. The monoisotopic (exact) mass is 296 g/mol. The van der Waals surface area contributed by atoms with Crippen LogP contribution in [0.1, 0.15) is 19.8 Å². The number of nitrogens with two attached hydrogens (primary N) is 1. The summed E-state index contributed by atoms with van der Waals surface area (Å²) in [6.45, 7) is 3.06. The normalized spacial score (nSPS) is 8.54. The minimum absolute atomic E-state index is 0.374. The average Bonchev–Trinajstić information content (AvgIpc) is 2.17. The molecule has 0 aromatic carbocycles. The topological polar surface area (TPSA) is 55.6 Å². The zero-order valence-corrected chi connectivity index (χ0v) is 9.70. The van der Waals surface area contributed by atoms with Gasteiger partial charge < -0.3 is 4.84 Å². The Morgan fingerprint density at radius 2 is 2.38 bits per heavy atom. The number of amides is 1. The number of nitrogens with zero attached hydrogens (tertiary/aromatic N) is 1. The van der Waals surface area contributed by atoms with Gasteiger partial charge in [0.2, 0.25) is 0 Å². The van der Waals surface area contributed by atoms with E-state index in [1.54, 1.807) is 0 Å². The van der Waals surface area contributed by atoms with E-state index in [4.69, 9.17) is 5.90 Å². The lowest BCUT2D eigenvalue weighted by Crippen LogP contribution is -2.34. The molecule has 0 fully saturated rings. The molecule has 5 heteroatoms. The SMILES string of the molecule is CCCCN(CC#CI)C(=O)ON. The maximum atomic E-state index is 11.0. The number of rotatable bonds is 4. The van der Waals surface area contributed by atoms with Crippen molar-refractivity contribution in [1.82, 2.24) is 4.90 Å². The molecule has 0 unspecified atom stereocenters. The highest BCUT2D eigenvalue weighted by molar-refractivity contribution is 14.1. The Balaban J connectivity index is 3.99. The summed E-state index contributed by atoms with van der Waals surface area (Å²) in [6.07, 6.45) is 1.43. The number of hydrogen-bond acceptors (Lipinski definition) is 3. The van der Waals surface area contributed by atoms with E-state index >= 15 is 0 Å². The van der Waals surface area contributed by atoms with Crippen LogP contribution in [0.3, 0.4) is 0 Å². The molecule has 0 rings (SSSR count). The highest BCUT2D eigenvalue weighted by Crippen LogP contribution is 1.96. The van der Waals surface area contributed by atoms with Crippen LogP contribution in [0.25, 0.3) is 0 Å². The van der Waals surface area contributed by atoms with E-state index in [1.165, 1.54) is 4.90 Å². The van der Waals surface area contributed by atoms with Crippen LogP contribution < -0.4 is 5.90 Å². The Morgan fingerprint density at radius 3 is 2.85 bits per heavy atom. The van der Waals surface area contributed by atoms with Crippen molar-refractivity contribution in [3.63, 3.8) is 0 Å². The van der Waals surface area contributed by atoms with Gasteiger partial charge in [-0.2, -0.15) is 5.90 Å². The van der Waals surface area contributed by atoms with Crippen LogP contribution in [0.5, 0.6) is 0 Å². The quantitative estimate of drug-likeness (QED) is 0.486. The highest BCUT2D eigenvalue weighted by atomic mass is 127. The third-order valence-electron chi connectivity index (χ3n) is 1.48. The van der Waals surface area contributed by atoms with Gasteiger partial charge in [-0.15, -0.1) is 0 Å². The van der Waals surface area contributed by atoms with Crippen LogP contribution in [-0.4, -0.2) is 24.1 Å². The van der Waals surface area contributed by atoms with Crippen molar-refractivity contribution in [3.05, 3.63) is 0 Å². The Kier molecular flexibility index (Phi) is 7.83. The lowest BCUT2D eigenvalue weighted by molar-refractivity contribution is 0.107. The second-order valence-corrected chi connectivity index (χ2v) is 2.97. The summed E-state index contributed by atoms with van der Waals surface area (Å²) in [5, 5.41) is 0. The average molecular weight is 296 g/mol. The van der Waals surface area contributed by atoms with Crippen molar-refractivity contribution in [2.75, 3.05) is 13.1 Å². The minimum atomic E-state index is -0.521. The van der Waals surface area contributed by atoms with Gasteiger partial charge in [0.05, 0.1) is 6.54 Å². The lowest BCUT2D eigenvalue weighted by Gasteiger charge is -2.16. The molecule has 74 valence electrons. The van der Waals surface area contributed by atoms with Crippen molar-refractivity contribution in [3.8, 4) is 9.85 Å². The standard InChI is InChI=1S/C8H13IN2O2/c1-2-3-6-11(7-4-5-9)8(12)13-10/h2-3,6-7,10H2,1H3. The first-order valence-corrected chi connectivity index (χ1v) is 5.08. The fraction of sp³-hybridized carbons (Fsp3) is 0.625. The van der Waals surface area contributed by atoms with Crippen LogP contribution in [0.15, 0.2) is 0 Å². The summed E-state index contributed by atoms with van der Waals surface area (Å²) < 4.78 is 2.68. The lowest BCUT2D eigenvalue weighted by atomic mass is 10.3. The van der Waals surface area contributed by atoms with E-state index in [-0.39, 0.29) is 0 Å². The Morgan fingerprint density at radius 1 is 1.69 bits per heavy atom. The van der Waals surface area contributed by atoms with Crippen LogP contribution in [0.2, 0.25) is 0 Å². The van der Waals surface area contributed by atoms with E-state index in [0.29, 0.717) is 13.1 Å². The molecule has 0 spiro atoms. The van der Waals surface area contributed by atoms with Crippen LogP contribution in [-0.2, 0) is 4.84 Å². The number of halogens is 1. The molecule has 1 amide bonds. The predicted molar refractivity (Wildman–Crippen MR) is 58.9 cm³/mol. The van der Waals surface area contributed by atoms with E-state index < -0.39 is 6.09 Å². The van der Waals surface area contributed by atoms with Gasteiger partial charge in [-0.05, 0) is 10.3 Å². The van der Waals surface area contributed by atoms with Crippen molar-refractivity contribution in [1.29, 1.82) is 0 Å². The van der Waals surface area contributed by atoms with Gasteiger partial charge in [-0.25, -0.2) is 4.79 Å². The fourth-order valence-electron chi connectivity index (χ4n) is 0.784. The maximum absolute atomic E-state index is 11.0. The largest absolute Gasteiger partial charge is 0.429 e. The van der Waals surface area contributed by atoms with Crippen LogP contribution in [0.4, 0.5) is 4.79 Å². The Hall–Kier alpha value is -0.480. The van der Waals surface area contributed by atoms with Crippen LogP contribution in [0, 0.1) is 9.85 Å². The second-order valence-electron chi connectivity index (χ2n) is 2.43. The summed E-state index contributed by atoms with van der Waals surface area (Å²) in [5.41, 5.74) is 0. The first kappa shape index (κ1) is 12.5. The fourth-order valence-corrected chi connectivity index (χ4v) is 0.954. The number of unbranched alkanes of at least 4 members (excludes halogenated alkanes) is 1. The minimum Gasteiger partial charge on any atom is -0.357 e. The molecule has 0 heterocycles. The Bertz CT molecular complexity index is 210. The van der Waals surface area contributed by atoms with Gasteiger partial charge in [0, 0.05) is 29.1 Å². The summed E-state index contributed by atoms with van der Waals surface area (Å²) in [5.74, 6) is 7.55. The maximum Gasteiger partial charge on any atom is 0.429 e. The van der Waals surface area contributed by atoms with Crippen molar-refractivity contribution in [2.45, 2.75) is 19.8 Å². The molecule has 13 heavy (non-hydrogen) atoms. The molecule has 0 aromatic rings. The van der Waals surface area contributed by atoms with Crippen molar-refractivity contribution >= 4 is 28.7 Å².